The zero-order valence-electron chi connectivity index (χ0n) is 19.9. The maximum Gasteiger partial charge on any atom is 0.270 e. The molecule has 0 spiro atoms. The van der Waals surface area contributed by atoms with Crippen LogP contribution < -0.4 is 4.90 Å². The number of benzene rings is 2. The molecule has 36 heavy (non-hydrogen) atoms. The van der Waals surface area contributed by atoms with Gasteiger partial charge in [0.15, 0.2) is 5.13 Å². The van der Waals surface area contributed by atoms with E-state index in [-0.39, 0.29) is 16.5 Å². The Kier molecular flexibility index (Phi) is 6.66. The Balaban J connectivity index is 1.22. The second-order valence-electron chi connectivity index (χ2n) is 9.30. The number of nitro benzene ring substituents is 1. The topological polar surface area (TPSA) is 117 Å². The van der Waals surface area contributed by atoms with E-state index in [0.29, 0.717) is 56.3 Å². The summed E-state index contributed by atoms with van der Waals surface area (Å²) in [5.41, 5.74) is 1.22. The SMILES string of the molecule is CC1CCN(S(=O)(=O)c2ccc(C(=O)N3CCN(c4nc5ccc([N+](=O)[O-])cc5s4)CC3)cc2)CC1. The van der Waals surface area contributed by atoms with E-state index in [2.05, 4.69) is 16.8 Å². The van der Waals surface area contributed by atoms with Crippen LogP contribution in [0, 0.1) is 16.0 Å². The van der Waals surface area contributed by atoms with Crippen LogP contribution in [0.5, 0.6) is 0 Å². The number of carbonyl (C=O) groups excluding carboxylic acids is 1. The van der Waals surface area contributed by atoms with E-state index in [1.54, 1.807) is 23.1 Å². The lowest BCUT2D eigenvalue weighted by Gasteiger charge is -2.34. The number of fused-ring (bicyclic) bond motifs is 1. The van der Waals surface area contributed by atoms with Crippen molar-refractivity contribution in [2.24, 2.45) is 5.92 Å². The zero-order chi connectivity index (χ0) is 25.4. The van der Waals surface area contributed by atoms with E-state index in [1.807, 2.05) is 0 Å². The van der Waals surface area contributed by atoms with Crippen molar-refractivity contribution in [2.75, 3.05) is 44.2 Å². The molecule has 12 heteroatoms. The molecule has 1 amide bonds. The molecule has 3 aromatic rings. The van der Waals surface area contributed by atoms with Gasteiger partial charge in [0, 0.05) is 57.0 Å². The van der Waals surface area contributed by atoms with Crippen LogP contribution in [0.15, 0.2) is 47.4 Å². The lowest BCUT2D eigenvalue weighted by molar-refractivity contribution is -0.384. The van der Waals surface area contributed by atoms with E-state index in [4.69, 9.17) is 0 Å². The molecular formula is C24H27N5O5S2. The Hall–Kier alpha value is -3.09. The number of carbonyl (C=O) groups is 1. The van der Waals surface area contributed by atoms with Crippen LogP contribution in [-0.2, 0) is 10.0 Å². The van der Waals surface area contributed by atoms with E-state index in [1.165, 1.54) is 39.9 Å². The van der Waals surface area contributed by atoms with Crippen molar-refractivity contribution in [1.82, 2.24) is 14.2 Å². The van der Waals surface area contributed by atoms with E-state index >= 15 is 0 Å². The molecule has 190 valence electrons. The molecule has 0 atom stereocenters. The number of nitro groups is 1. The van der Waals surface area contributed by atoms with Gasteiger partial charge >= 0.3 is 0 Å². The fraction of sp³-hybridized carbons (Fsp3) is 0.417. The molecule has 3 heterocycles. The number of piperidine rings is 1. The predicted molar refractivity (Wildman–Crippen MR) is 138 cm³/mol. The molecule has 1 aromatic heterocycles. The van der Waals surface area contributed by atoms with Crippen molar-refractivity contribution < 1.29 is 18.1 Å². The van der Waals surface area contributed by atoms with Crippen LogP contribution in [-0.4, -0.2) is 72.7 Å². The predicted octanol–water partition coefficient (Wildman–Crippen LogP) is 3.59. The van der Waals surface area contributed by atoms with E-state index in [0.717, 1.165) is 22.7 Å². The molecular weight excluding hydrogens is 502 g/mol. The summed E-state index contributed by atoms with van der Waals surface area (Å²) in [6.45, 7) is 5.38. The number of thiazole rings is 1. The van der Waals surface area contributed by atoms with Gasteiger partial charge in [0.1, 0.15) is 0 Å². The Labute approximate surface area is 213 Å². The van der Waals surface area contributed by atoms with Gasteiger partial charge in [-0.05, 0) is 49.1 Å². The van der Waals surface area contributed by atoms with Gasteiger partial charge < -0.3 is 9.80 Å². The molecule has 2 aliphatic rings. The quantitative estimate of drug-likeness (QED) is 0.366. The first-order chi connectivity index (χ1) is 17.2. The van der Waals surface area contributed by atoms with Crippen LogP contribution in [0.25, 0.3) is 10.2 Å². The molecule has 0 saturated carbocycles. The monoisotopic (exact) mass is 529 g/mol. The number of sulfonamides is 1. The average Bonchev–Trinajstić information content (AvgIpc) is 3.32. The first kappa shape index (κ1) is 24.6. The van der Waals surface area contributed by atoms with Gasteiger partial charge in [-0.2, -0.15) is 4.31 Å². The lowest BCUT2D eigenvalue weighted by Crippen LogP contribution is -2.48. The summed E-state index contributed by atoms with van der Waals surface area (Å²) in [7, 11) is -3.55. The Morgan fingerprint density at radius 3 is 2.33 bits per heavy atom. The van der Waals surface area contributed by atoms with Crippen molar-refractivity contribution in [3.63, 3.8) is 0 Å². The molecule has 0 bridgehead atoms. The first-order valence-corrected chi connectivity index (χ1v) is 14.2. The van der Waals surface area contributed by atoms with Crippen molar-refractivity contribution in [3.8, 4) is 0 Å². The number of rotatable bonds is 5. The molecule has 2 aromatic carbocycles. The summed E-state index contributed by atoms with van der Waals surface area (Å²) < 4.78 is 28.2. The van der Waals surface area contributed by atoms with Gasteiger partial charge in [-0.25, -0.2) is 13.4 Å². The minimum atomic E-state index is -3.55. The van der Waals surface area contributed by atoms with Crippen LogP contribution in [0.4, 0.5) is 10.8 Å². The summed E-state index contributed by atoms with van der Waals surface area (Å²) in [6.07, 6.45) is 1.72. The van der Waals surface area contributed by atoms with Crippen LogP contribution >= 0.6 is 11.3 Å². The fourth-order valence-electron chi connectivity index (χ4n) is 4.58. The Bertz CT molecular complexity index is 1390. The number of nitrogens with zero attached hydrogens (tertiary/aromatic N) is 5. The standard InChI is InChI=1S/C24H27N5O5S2/c1-17-8-10-28(11-9-17)36(33,34)20-5-2-18(3-6-20)23(30)26-12-14-27(15-13-26)24-25-21-7-4-19(29(31)32)16-22(21)35-24/h2-7,16-17H,8-15H2,1H3. The highest BCUT2D eigenvalue weighted by molar-refractivity contribution is 7.89. The third-order valence-electron chi connectivity index (χ3n) is 6.89. The first-order valence-electron chi connectivity index (χ1n) is 11.9. The highest BCUT2D eigenvalue weighted by Crippen LogP contribution is 2.32. The molecule has 5 rings (SSSR count). The molecule has 10 nitrogen and oxygen atoms in total. The van der Waals surface area contributed by atoms with Crippen LogP contribution in [0.2, 0.25) is 0 Å². The highest BCUT2D eigenvalue weighted by Gasteiger charge is 2.29. The molecule has 2 aliphatic heterocycles. The lowest BCUT2D eigenvalue weighted by atomic mass is 10.0. The van der Waals surface area contributed by atoms with Gasteiger partial charge in [-0.3, -0.25) is 14.9 Å². The van der Waals surface area contributed by atoms with Crippen molar-refractivity contribution in [2.45, 2.75) is 24.7 Å². The van der Waals surface area contributed by atoms with Crippen molar-refractivity contribution in [1.29, 1.82) is 0 Å². The highest BCUT2D eigenvalue weighted by atomic mass is 32.2. The van der Waals surface area contributed by atoms with Gasteiger partial charge in [-0.1, -0.05) is 18.3 Å². The zero-order valence-corrected chi connectivity index (χ0v) is 21.5. The number of hydrogen-bond acceptors (Lipinski definition) is 8. The molecule has 0 unspecified atom stereocenters. The fourth-order valence-corrected chi connectivity index (χ4v) is 7.10. The Morgan fingerprint density at radius 2 is 1.69 bits per heavy atom. The minimum absolute atomic E-state index is 0.0393. The van der Waals surface area contributed by atoms with E-state index < -0.39 is 14.9 Å². The van der Waals surface area contributed by atoms with Gasteiger partial charge in [0.05, 0.1) is 20.0 Å². The summed E-state index contributed by atoms with van der Waals surface area (Å²) in [4.78, 5) is 32.3. The van der Waals surface area contributed by atoms with Gasteiger partial charge in [0.25, 0.3) is 11.6 Å². The largest absolute Gasteiger partial charge is 0.345 e. The van der Waals surface area contributed by atoms with Crippen LogP contribution in [0.1, 0.15) is 30.1 Å². The maximum absolute atomic E-state index is 13.1. The second kappa shape index (κ2) is 9.75. The number of anilines is 1. The maximum atomic E-state index is 13.1. The molecule has 2 saturated heterocycles. The van der Waals surface area contributed by atoms with Crippen LogP contribution in [0.3, 0.4) is 0 Å². The number of hydrogen-bond donors (Lipinski definition) is 0. The normalized spacial score (nSPS) is 18.0. The minimum Gasteiger partial charge on any atom is -0.345 e. The molecule has 0 N–H and O–H groups in total. The van der Waals surface area contributed by atoms with Gasteiger partial charge in [0.2, 0.25) is 10.0 Å². The second-order valence-corrected chi connectivity index (χ2v) is 12.2. The summed E-state index contributed by atoms with van der Waals surface area (Å²) in [5.74, 6) is 0.401. The average molecular weight is 530 g/mol. The summed E-state index contributed by atoms with van der Waals surface area (Å²) in [6, 6.07) is 10.9. The molecule has 0 radical (unpaired) electrons. The van der Waals surface area contributed by atoms with E-state index in [9.17, 15) is 23.3 Å². The number of piperazine rings is 1. The Morgan fingerprint density at radius 1 is 1.03 bits per heavy atom. The third kappa shape index (κ3) is 4.80. The number of non-ortho nitro benzene ring substituents is 1. The van der Waals surface area contributed by atoms with Crippen molar-refractivity contribution >= 4 is 48.3 Å². The summed E-state index contributed by atoms with van der Waals surface area (Å²) in [5, 5.41) is 11.8. The third-order valence-corrected chi connectivity index (χ3v) is 9.88. The smallest absolute Gasteiger partial charge is 0.270 e. The molecule has 2 fully saturated rings. The number of aromatic nitrogens is 1. The van der Waals surface area contributed by atoms with Gasteiger partial charge in [-0.15, -0.1) is 0 Å². The molecule has 0 aliphatic carbocycles. The number of amides is 1. The van der Waals surface area contributed by atoms with Crippen molar-refractivity contribution in [3.05, 3.63) is 58.1 Å². The summed E-state index contributed by atoms with van der Waals surface area (Å²) >= 11 is 1.40.